The number of urea groups is 1. The fraction of sp³-hybridized carbons (Fsp3) is 0.300. The number of pyridine rings is 1. The van der Waals surface area contributed by atoms with E-state index in [2.05, 4.69) is 20.4 Å². The highest BCUT2D eigenvalue weighted by Gasteiger charge is 2.31. The minimum Gasteiger partial charge on any atom is -0.478 e. The van der Waals surface area contributed by atoms with Crippen LogP contribution in [0.1, 0.15) is 33.6 Å². The number of amides is 3. The number of likely N-dealkylation sites (tertiary alicyclic amines) is 1. The maximum atomic E-state index is 12.6. The second-order valence-electron chi connectivity index (χ2n) is 7.00. The molecule has 0 atom stereocenters. The van der Waals surface area contributed by atoms with Crippen LogP contribution in [-0.4, -0.2) is 58.4 Å². The zero-order valence-corrected chi connectivity index (χ0v) is 16.6. The Labute approximate surface area is 180 Å². The molecular formula is C20H19F3N4O5. The average molecular weight is 452 g/mol. The number of nitrogens with one attached hydrogen (secondary N) is 2. The van der Waals surface area contributed by atoms with Gasteiger partial charge in [-0.25, -0.2) is 9.59 Å². The topological polar surface area (TPSA) is 121 Å². The molecule has 2 heterocycles. The van der Waals surface area contributed by atoms with Gasteiger partial charge in [-0.3, -0.25) is 9.78 Å². The van der Waals surface area contributed by atoms with E-state index in [1.54, 1.807) is 4.90 Å². The summed E-state index contributed by atoms with van der Waals surface area (Å²) in [6.07, 6.45) is -1.38. The van der Waals surface area contributed by atoms with Crippen LogP contribution in [0.3, 0.4) is 0 Å². The Morgan fingerprint density at radius 1 is 1.06 bits per heavy atom. The van der Waals surface area contributed by atoms with Gasteiger partial charge in [0.2, 0.25) is 0 Å². The third-order valence-electron chi connectivity index (χ3n) is 4.70. The summed E-state index contributed by atoms with van der Waals surface area (Å²) in [4.78, 5) is 41.1. The summed E-state index contributed by atoms with van der Waals surface area (Å²) in [5, 5.41) is 14.3. The number of carbonyl (C=O) groups is 3. The highest BCUT2D eigenvalue weighted by molar-refractivity contribution is 5.97. The van der Waals surface area contributed by atoms with E-state index in [9.17, 15) is 27.6 Å². The number of anilines is 1. The van der Waals surface area contributed by atoms with Crippen LogP contribution < -0.4 is 15.4 Å². The zero-order valence-electron chi connectivity index (χ0n) is 16.6. The number of halogens is 3. The molecule has 3 rings (SSSR count). The average Bonchev–Trinajstić information content (AvgIpc) is 2.74. The van der Waals surface area contributed by atoms with Gasteiger partial charge in [0.25, 0.3) is 5.91 Å². The van der Waals surface area contributed by atoms with Crippen LogP contribution >= 0.6 is 0 Å². The lowest BCUT2D eigenvalue weighted by molar-refractivity contribution is -0.274. The van der Waals surface area contributed by atoms with E-state index < -0.39 is 24.1 Å². The number of rotatable bonds is 5. The van der Waals surface area contributed by atoms with Crippen molar-refractivity contribution < 1.29 is 37.4 Å². The summed E-state index contributed by atoms with van der Waals surface area (Å²) in [5.41, 5.74) is 0.379. The summed E-state index contributed by atoms with van der Waals surface area (Å²) < 4.78 is 40.3. The number of benzene rings is 1. The fourth-order valence-corrected chi connectivity index (χ4v) is 3.18. The number of aromatic nitrogens is 1. The molecule has 1 saturated heterocycles. The summed E-state index contributed by atoms with van der Waals surface area (Å²) in [7, 11) is 0. The number of ether oxygens (including phenoxy) is 1. The molecule has 9 nitrogen and oxygen atoms in total. The van der Waals surface area contributed by atoms with Gasteiger partial charge in [0.05, 0.1) is 11.1 Å². The van der Waals surface area contributed by atoms with E-state index in [1.807, 2.05) is 0 Å². The molecule has 0 radical (unpaired) electrons. The summed E-state index contributed by atoms with van der Waals surface area (Å²) in [6.45, 7) is 0.703. The van der Waals surface area contributed by atoms with E-state index in [1.165, 1.54) is 24.4 Å². The fourth-order valence-electron chi connectivity index (χ4n) is 3.18. The van der Waals surface area contributed by atoms with Gasteiger partial charge in [0.1, 0.15) is 5.75 Å². The lowest BCUT2D eigenvalue weighted by atomic mass is 10.0. The number of carboxylic acids is 1. The second kappa shape index (κ2) is 9.54. The minimum absolute atomic E-state index is 0.0814. The number of hydrogen-bond donors (Lipinski definition) is 3. The molecule has 32 heavy (non-hydrogen) atoms. The molecule has 1 aliphatic heterocycles. The first kappa shape index (κ1) is 22.8. The number of carboxylic acid groups (broad SMARTS) is 1. The third-order valence-corrected chi connectivity index (χ3v) is 4.70. The van der Waals surface area contributed by atoms with Gasteiger partial charge < -0.3 is 25.4 Å². The van der Waals surface area contributed by atoms with E-state index in [4.69, 9.17) is 5.11 Å². The van der Waals surface area contributed by atoms with Crippen molar-refractivity contribution in [3.8, 4) is 5.75 Å². The Kier molecular flexibility index (Phi) is 6.81. The van der Waals surface area contributed by atoms with Gasteiger partial charge in [-0.05, 0) is 43.2 Å². The van der Waals surface area contributed by atoms with Crippen LogP contribution in [0.2, 0.25) is 0 Å². The molecule has 0 bridgehead atoms. The van der Waals surface area contributed by atoms with E-state index in [0.29, 0.717) is 25.9 Å². The predicted molar refractivity (Wildman–Crippen MR) is 105 cm³/mol. The molecular weight excluding hydrogens is 433 g/mol. The first-order valence-electron chi connectivity index (χ1n) is 9.51. The van der Waals surface area contributed by atoms with E-state index in [0.717, 1.165) is 18.3 Å². The van der Waals surface area contributed by atoms with Gasteiger partial charge in [-0.1, -0.05) is 0 Å². The Hall–Kier alpha value is -3.83. The predicted octanol–water partition coefficient (Wildman–Crippen LogP) is 3.10. The molecule has 0 aliphatic carbocycles. The molecule has 1 aliphatic rings. The van der Waals surface area contributed by atoms with Crippen molar-refractivity contribution in [1.29, 1.82) is 0 Å². The van der Waals surface area contributed by atoms with Gasteiger partial charge in [0.15, 0.2) is 0 Å². The van der Waals surface area contributed by atoms with Crippen LogP contribution in [0, 0.1) is 0 Å². The number of alkyl halides is 3. The van der Waals surface area contributed by atoms with Crippen molar-refractivity contribution in [1.82, 2.24) is 15.2 Å². The minimum atomic E-state index is -4.79. The van der Waals surface area contributed by atoms with Crippen LogP contribution in [-0.2, 0) is 0 Å². The molecule has 0 saturated carbocycles. The largest absolute Gasteiger partial charge is 0.573 e. The van der Waals surface area contributed by atoms with Crippen molar-refractivity contribution in [2.45, 2.75) is 25.2 Å². The van der Waals surface area contributed by atoms with Crippen molar-refractivity contribution in [2.75, 3.05) is 18.4 Å². The maximum Gasteiger partial charge on any atom is 0.573 e. The van der Waals surface area contributed by atoms with Gasteiger partial charge in [0, 0.05) is 37.2 Å². The van der Waals surface area contributed by atoms with Gasteiger partial charge in [-0.15, -0.1) is 13.2 Å². The molecule has 12 heteroatoms. The van der Waals surface area contributed by atoms with Crippen LogP contribution in [0.25, 0.3) is 0 Å². The standard InChI is InChI=1S/C20H19F3N4O5/c21-20(22,23)32-16-3-1-14(2-4-16)25-19(31)26-15-5-7-27(8-6-15)17(28)12-9-13(18(29)30)11-24-10-12/h1-4,9-11,15H,5-8H2,(H,29,30)(H2,25,26,31). The van der Waals surface area contributed by atoms with Crippen LogP contribution in [0.15, 0.2) is 42.7 Å². The number of hydrogen-bond acceptors (Lipinski definition) is 5. The van der Waals surface area contributed by atoms with Crippen molar-refractivity contribution in [3.63, 3.8) is 0 Å². The number of piperidine rings is 1. The summed E-state index contributed by atoms with van der Waals surface area (Å²) in [5.74, 6) is -1.92. The van der Waals surface area contributed by atoms with Crippen LogP contribution in [0.5, 0.6) is 5.75 Å². The molecule has 1 fully saturated rings. The Morgan fingerprint density at radius 2 is 1.69 bits per heavy atom. The number of carbonyl (C=O) groups excluding carboxylic acids is 2. The lowest BCUT2D eigenvalue weighted by Crippen LogP contribution is -2.47. The molecule has 170 valence electrons. The van der Waals surface area contributed by atoms with Crippen molar-refractivity contribution in [2.24, 2.45) is 0 Å². The molecule has 2 aromatic rings. The molecule has 3 amide bonds. The monoisotopic (exact) mass is 452 g/mol. The normalized spacial score (nSPS) is 14.5. The Morgan fingerprint density at radius 3 is 2.28 bits per heavy atom. The van der Waals surface area contributed by atoms with Gasteiger partial charge >= 0.3 is 18.4 Å². The van der Waals surface area contributed by atoms with E-state index in [-0.39, 0.29) is 28.8 Å². The second-order valence-corrected chi connectivity index (χ2v) is 7.00. The molecule has 0 unspecified atom stereocenters. The summed E-state index contributed by atoms with van der Waals surface area (Å²) >= 11 is 0. The number of nitrogens with zero attached hydrogens (tertiary/aromatic N) is 2. The van der Waals surface area contributed by atoms with E-state index >= 15 is 0 Å². The maximum absolute atomic E-state index is 12.6. The van der Waals surface area contributed by atoms with Crippen LogP contribution in [0.4, 0.5) is 23.7 Å². The molecule has 1 aromatic heterocycles. The highest BCUT2D eigenvalue weighted by atomic mass is 19.4. The molecule has 0 spiro atoms. The number of aromatic carboxylic acids is 1. The first-order valence-corrected chi connectivity index (χ1v) is 9.51. The van der Waals surface area contributed by atoms with Crippen molar-refractivity contribution in [3.05, 3.63) is 53.9 Å². The Bertz CT molecular complexity index is 989. The van der Waals surface area contributed by atoms with Crippen molar-refractivity contribution >= 4 is 23.6 Å². The first-order chi connectivity index (χ1) is 15.1. The molecule has 1 aromatic carbocycles. The SMILES string of the molecule is O=C(Nc1ccc(OC(F)(F)F)cc1)NC1CCN(C(=O)c2cncc(C(=O)O)c2)CC1. The third kappa shape index (κ3) is 6.33. The van der Waals surface area contributed by atoms with Gasteiger partial charge in [-0.2, -0.15) is 0 Å². The molecule has 3 N–H and O–H groups in total. The Balaban J connectivity index is 1.47. The lowest BCUT2D eigenvalue weighted by Gasteiger charge is -2.32. The quantitative estimate of drug-likeness (QED) is 0.641. The zero-order chi connectivity index (χ0) is 23.3. The smallest absolute Gasteiger partial charge is 0.478 e. The highest BCUT2D eigenvalue weighted by Crippen LogP contribution is 2.24. The summed E-state index contributed by atoms with van der Waals surface area (Å²) in [6, 6.07) is 5.25.